The van der Waals surface area contributed by atoms with Crippen molar-refractivity contribution >= 4 is 12.3 Å². The van der Waals surface area contributed by atoms with Gasteiger partial charge in [0.05, 0.1) is 12.8 Å². The molecular weight excluding hydrogens is 251 g/mol. The number of halogens is 1. The predicted octanol–water partition coefficient (Wildman–Crippen LogP) is 2.00. The van der Waals surface area contributed by atoms with Gasteiger partial charge in [0.1, 0.15) is 5.82 Å². The average molecular weight is 262 g/mol. The summed E-state index contributed by atoms with van der Waals surface area (Å²) in [6.45, 7) is 1.89. The summed E-state index contributed by atoms with van der Waals surface area (Å²) in [5, 5.41) is 0. The van der Waals surface area contributed by atoms with E-state index in [1.807, 2.05) is 0 Å². The summed E-state index contributed by atoms with van der Waals surface area (Å²) >= 11 is 0. The summed E-state index contributed by atoms with van der Waals surface area (Å²) in [5.41, 5.74) is 0.583. The minimum Gasteiger partial charge on any atom is -0.461 e. The van der Waals surface area contributed by atoms with Crippen molar-refractivity contribution < 1.29 is 18.7 Å². The fraction of sp³-hybridized carbons (Fsp3) is 0.154. The highest BCUT2D eigenvalue weighted by atomic mass is 19.1. The molecule has 0 atom stereocenters. The Morgan fingerprint density at radius 3 is 2.68 bits per heavy atom. The monoisotopic (exact) mass is 262 g/mol. The lowest BCUT2D eigenvalue weighted by atomic mass is 10.3. The quantitative estimate of drug-likeness (QED) is 0.624. The Labute approximate surface area is 108 Å². The molecule has 0 bridgehead atoms. The summed E-state index contributed by atoms with van der Waals surface area (Å²) in [6.07, 6.45) is 1.77. The van der Waals surface area contributed by atoms with E-state index in [1.165, 1.54) is 35.0 Å². The van der Waals surface area contributed by atoms with Gasteiger partial charge >= 0.3 is 5.97 Å². The standard InChI is InChI=1S/C13H11FN2O3/c1-2-19-13(18)11-7-15-12(8-17)16(11)10-5-3-9(14)4-6-10/h3-8H,2H2,1H3. The van der Waals surface area contributed by atoms with Crippen LogP contribution in [0.5, 0.6) is 0 Å². The Bertz CT molecular complexity index is 605. The van der Waals surface area contributed by atoms with Crippen LogP contribution in [0, 0.1) is 5.82 Å². The van der Waals surface area contributed by atoms with Gasteiger partial charge in [-0.05, 0) is 31.2 Å². The lowest BCUT2D eigenvalue weighted by molar-refractivity contribution is 0.0517. The van der Waals surface area contributed by atoms with Crippen LogP contribution in [0.4, 0.5) is 4.39 Å². The molecule has 19 heavy (non-hydrogen) atoms. The Balaban J connectivity index is 2.53. The SMILES string of the molecule is CCOC(=O)c1cnc(C=O)n1-c1ccc(F)cc1. The van der Waals surface area contributed by atoms with Crippen molar-refractivity contribution in [2.45, 2.75) is 6.92 Å². The maximum atomic E-state index is 12.9. The van der Waals surface area contributed by atoms with E-state index in [9.17, 15) is 14.0 Å². The van der Waals surface area contributed by atoms with Gasteiger partial charge in [-0.1, -0.05) is 0 Å². The zero-order valence-electron chi connectivity index (χ0n) is 10.2. The second-order valence-corrected chi connectivity index (χ2v) is 3.65. The first-order valence-corrected chi connectivity index (χ1v) is 5.63. The second kappa shape index (κ2) is 5.43. The van der Waals surface area contributed by atoms with Crippen molar-refractivity contribution in [1.29, 1.82) is 0 Å². The molecule has 2 aromatic rings. The molecule has 0 fully saturated rings. The molecule has 0 amide bonds. The molecule has 1 aromatic heterocycles. The van der Waals surface area contributed by atoms with E-state index in [1.54, 1.807) is 6.92 Å². The van der Waals surface area contributed by atoms with Gasteiger partial charge in [0.25, 0.3) is 0 Å². The summed E-state index contributed by atoms with van der Waals surface area (Å²) in [6, 6.07) is 5.37. The summed E-state index contributed by atoms with van der Waals surface area (Å²) in [7, 11) is 0. The number of imidazole rings is 1. The third kappa shape index (κ3) is 2.52. The van der Waals surface area contributed by atoms with Gasteiger partial charge in [0, 0.05) is 5.69 Å². The first-order valence-electron chi connectivity index (χ1n) is 5.63. The number of nitrogens with zero attached hydrogens (tertiary/aromatic N) is 2. The lowest BCUT2D eigenvalue weighted by Crippen LogP contribution is -2.12. The maximum absolute atomic E-state index is 12.9. The molecule has 0 aliphatic heterocycles. The van der Waals surface area contributed by atoms with Gasteiger partial charge in [-0.25, -0.2) is 14.2 Å². The van der Waals surface area contributed by atoms with Crippen molar-refractivity contribution in [2.75, 3.05) is 6.61 Å². The van der Waals surface area contributed by atoms with E-state index in [0.29, 0.717) is 12.0 Å². The van der Waals surface area contributed by atoms with E-state index in [-0.39, 0.29) is 18.1 Å². The van der Waals surface area contributed by atoms with Crippen LogP contribution in [0.2, 0.25) is 0 Å². The van der Waals surface area contributed by atoms with E-state index >= 15 is 0 Å². The number of ether oxygens (including phenoxy) is 1. The van der Waals surface area contributed by atoms with Crippen LogP contribution in [-0.2, 0) is 4.74 Å². The fourth-order valence-electron chi connectivity index (χ4n) is 1.66. The topological polar surface area (TPSA) is 61.2 Å². The van der Waals surface area contributed by atoms with Gasteiger partial charge in [-0.2, -0.15) is 0 Å². The molecule has 98 valence electrons. The molecule has 0 radical (unpaired) electrons. The van der Waals surface area contributed by atoms with E-state index < -0.39 is 11.8 Å². The zero-order valence-corrected chi connectivity index (χ0v) is 10.2. The van der Waals surface area contributed by atoms with Crippen LogP contribution < -0.4 is 0 Å². The highest BCUT2D eigenvalue weighted by molar-refractivity contribution is 5.89. The van der Waals surface area contributed by atoms with Gasteiger partial charge in [0.2, 0.25) is 0 Å². The van der Waals surface area contributed by atoms with Crippen molar-refractivity contribution in [3.05, 3.63) is 47.8 Å². The molecule has 1 aromatic carbocycles. The number of esters is 1. The number of carbonyl (C=O) groups excluding carboxylic acids is 2. The van der Waals surface area contributed by atoms with Crippen LogP contribution in [0.25, 0.3) is 5.69 Å². The highest BCUT2D eigenvalue weighted by Gasteiger charge is 2.18. The normalized spacial score (nSPS) is 10.2. The van der Waals surface area contributed by atoms with Gasteiger partial charge in [-0.15, -0.1) is 0 Å². The highest BCUT2D eigenvalue weighted by Crippen LogP contribution is 2.15. The Morgan fingerprint density at radius 1 is 1.42 bits per heavy atom. The third-order valence-electron chi connectivity index (χ3n) is 2.46. The van der Waals surface area contributed by atoms with Crippen LogP contribution in [0.3, 0.4) is 0 Å². The predicted molar refractivity (Wildman–Crippen MR) is 64.9 cm³/mol. The van der Waals surface area contributed by atoms with Crippen molar-refractivity contribution in [3.63, 3.8) is 0 Å². The minimum absolute atomic E-state index is 0.0506. The van der Waals surface area contributed by atoms with Gasteiger partial charge < -0.3 is 4.74 Å². The Morgan fingerprint density at radius 2 is 2.11 bits per heavy atom. The minimum atomic E-state index is -0.590. The number of hydrogen-bond acceptors (Lipinski definition) is 4. The number of hydrogen-bond donors (Lipinski definition) is 0. The smallest absolute Gasteiger partial charge is 0.356 e. The van der Waals surface area contributed by atoms with Gasteiger partial charge in [-0.3, -0.25) is 9.36 Å². The third-order valence-corrected chi connectivity index (χ3v) is 2.46. The Kier molecular flexibility index (Phi) is 3.70. The molecule has 0 saturated heterocycles. The summed E-state index contributed by atoms with van der Waals surface area (Å²) < 4.78 is 19.1. The van der Waals surface area contributed by atoms with Crippen molar-refractivity contribution in [3.8, 4) is 5.69 Å². The van der Waals surface area contributed by atoms with Crippen LogP contribution in [0.1, 0.15) is 28.0 Å². The van der Waals surface area contributed by atoms with Crippen molar-refractivity contribution in [1.82, 2.24) is 9.55 Å². The van der Waals surface area contributed by atoms with Crippen LogP contribution in [0.15, 0.2) is 30.5 Å². The first-order chi connectivity index (χ1) is 9.17. The molecule has 5 nitrogen and oxygen atoms in total. The van der Waals surface area contributed by atoms with Crippen molar-refractivity contribution in [2.24, 2.45) is 0 Å². The molecule has 2 rings (SSSR count). The summed E-state index contributed by atoms with van der Waals surface area (Å²) in [5.74, 6) is -0.948. The molecule has 0 saturated carbocycles. The number of aromatic nitrogens is 2. The van der Waals surface area contributed by atoms with E-state index in [2.05, 4.69) is 4.98 Å². The molecule has 0 aliphatic carbocycles. The number of rotatable bonds is 4. The molecule has 6 heteroatoms. The first kappa shape index (κ1) is 12.9. The fourth-order valence-corrected chi connectivity index (χ4v) is 1.66. The molecular formula is C13H11FN2O3. The zero-order chi connectivity index (χ0) is 13.8. The Hall–Kier alpha value is -2.50. The molecule has 0 unspecified atom stereocenters. The number of aldehydes is 1. The molecule has 0 N–H and O–H groups in total. The molecule has 0 spiro atoms. The maximum Gasteiger partial charge on any atom is 0.356 e. The molecule has 0 aliphatic rings. The molecule has 1 heterocycles. The van der Waals surface area contributed by atoms with Crippen LogP contribution >= 0.6 is 0 Å². The van der Waals surface area contributed by atoms with E-state index in [4.69, 9.17) is 4.74 Å². The number of benzene rings is 1. The second-order valence-electron chi connectivity index (χ2n) is 3.65. The van der Waals surface area contributed by atoms with Gasteiger partial charge in [0.15, 0.2) is 17.8 Å². The lowest BCUT2D eigenvalue weighted by Gasteiger charge is -2.08. The van der Waals surface area contributed by atoms with E-state index in [0.717, 1.165) is 0 Å². The summed E-state index contributed by atoms with van der Waals surface area (Å²) in [4.78, 5) is 26.6. The van der Waals surface area contributed by atoms with Crippen LogP contribution in [-0.4, -0.2) is 28.4 Å². The average Bonchev–Trinajstić information content (AvgIpc) is 2.83. The number of carbonyl (C=O) groups is 2. The largest absolute Gasteiger partial charge is 0.461 e.